The highest BCUT2D eigenvalue weighted by atomic mass is 32.2. The monoisotopic (exact) mass is 327 g/mol. The fourth-order valence-corrected chi connectivity index (χ4v) is 4.31. The van der Waals surface area contributed by atoms with E-state index in [-0.39, 0.29) is 11.3 Å². The Balaban J connectivity index is 1.90. The van der Waals surface area contributed by atoms with Crippen LogP contribution < -0.4 is 4.74 Å². The largest absolute Gasteiger partial charge is 0.497 e. The van der Waals surface area contributed by atoms with Gasteiger partial charge in [-0.15, -0.1) is 11.8 Å². The van der Waals surface area contributed by atoms with Crippen molar-refractivity contribution in [3.8, 4) is 5.75 Å². The average molecular weight is 327 g/mol. The number of methoxy groups -OCH3 is 1. The van der Waals surface area contributed by atoms with Gasteiger partial charge in [0.25, 0.3) is 5.91 Å². The fourth-order valence-electron chi connectivity index (χ4n) is 2.96. The van der Waals surface area contributed by atoms with Crippen molar-refractivity contribution in [2.45, 2.75) is 19.2 Å². The first kappa shape index (κ1) is 15.9. The van der Waals surface area contributed by atoms with Gasteiger partial charge in [0.15, 0.2) is 0 Å². The summed E-state index contributed by atoms with van der Waals surface area (Å²) >= 11 is 1.83. The van der Waals surface area contributed by atoms with E-state index in [1.54, 1.807) is 7.11 Å². The van der Waals surface area contributed by atoms with Crippen LogP contribution in [0.4, 0.5) is 0 Å². The highest BCUT2D eigenvalue weighted by Gasteiger charge is 2.32. The molecule has 2 aromatic rings. The SMILES string of the molecule is COc1cccc(C(=O)N2CCSC2c2ccc(C)cc2C)c1. The van der Waals surface area contributed by atoms with Crippen LogP contribution in [-0.4, -0.2) is 30.2 Å². The predicted octanol–water partition coefficient (Wildman–Crippen LogP) is 4.20. The molecule has 2 aromatic carbocycles. The van der Waals surface area contributed by atoms with Crippen molar-refractivity contribution in [1.82, 2.24) is 4.90 Å². The van der Waals surface area contributed by atoms with Gasteiger partial charge in [0.2, 0.25) is 0 Å². The molecule has 0 saturated carbocycles. The molecule has 120 valence electrons. The third kappa shape index (κ3) is 3.22. The number of rotatable bonds is 3. The zero-order valence-electron chi connectivity index (χ0n) is 13.7. The van der Waals surface area contributed by atoms with Gasteiger partial charge in [0.1, 0.15) is 11.1 Å². The molecule has 0 aliphatic carbocycles. The van der Waals surface area contributed by atoms with Crippen molar-refractivity contribution in [3.05, 3.63) is 64.7 Å². The quantitative estimate of drug-likeness (QED) is 0.846. The van der Waals surface area contributed by atoms with Crippen LogP contribution in [0.3, 0.4) is 0 Å². The van der Waals surface area contributed by atoms with Crippen LogP contribution >= 0.6 is 11.8 Å². The van der Waals surface area contributed by atoms with Crippen LogP contribution in [0.2, 0.25) is 0 Å². The lowest BCUT2D eigenvalue weighted by Gasteiger charge is -2.25. The maximum atomic E-state index is 12.9. The van der Waals surface area contributed by atoms with Gasteiger partial charge in [-0.2, -0.15) is 0 Å². The Morgan fingerprint density at radius 3 is 2.78 bits per heavy atom. The highest BCUT2D eigenvalue weighted by Crippen LogP contribution is 2.40. The molecule has 0 N–H and O–H groups in total. The number of ether oxygens (including phenoxy) is 1. The van der Waals surface area contributed by atoms with Crippen LogP contribution in [-0.2, 0) is 0 Å². The minimum absolute atomic E-state index is 0.0684. The molecule has 1 fully saturated rings. The van der Waals surface area contributed by atoms with Gasteiger partial charge in [-0.25, -0.2) is 0 Å². The molecule has 4 heteroatoms. The Hall–Kier alpha value is -1.94. The maximum Gasteiger partial charge on any atom is 0.255 e. The number of thioether (sulfide) groups is 1. The fraction of sp³-hybridized carbons (Fsp3) is 0.316. The molecule has 23 heavy (non-hydrogen) atoms. The zero-order valence-corrected chi connectivity index (χ0v) is 14.5. The highest BCUT2D eigenvalue weighted by molar-refractivity contribution is 7.99. The van der Waals surface area contributed by atoms with Crippen LogP contribution in [0.1, 0.15) is 32.4 Å². The summed E-state index contributed by atoms with van der Waals surface area (Å²) in [4.78, 5) is 14.9. The van der Waals surface area contributed by atoms with Gasteiger partial charge in [0, 0.05) is 17.9 Å². The number of aryl methyl sites for hydroxylation is 2. The van der Waals surface area contributed by atoms with E-state index >= 15 is 0 Å². The summed E-state index contributed by atoms with van der Waals surface area (Å²) in [5, 5.41) is 0.0919. The molecular formula is C19H21NO2S. The second-order valence-electron chi connectivity index (χ2n) is 5.81. The summed E-state index contributed by atoms with van der Waals surface area (Å²) in [6.07, 6.45) is 0. The lowest BCUT2D eigenvalue weighted by molar-refractivity contribution is 0.0759. The molecule has 0 aromatic heterocycles. The minimum Gasteiger partial charge on any atom is -0.497 e. The number of carbonyl (C=O) groups is 1. The van der Waals surface area contributed by atoms with Crippen LogP contribution in [0, 0.1) is 13.8 Å². The van der Waals surface area contributed by atoms with Crippen molar-refractivity contribution in [1.29, 1.82) is 0 Å². The molecule has 3 rings (SSSR count). The van der Waals surface area contributed by atoms with E-state index in [1.165, 1.54) is 16.7 Å². The molecule has 3 nitrogen and oxygen atoms in total. The lowest BCUT2D eigenvalue weighted by Crippen LogP contribution is -2.30. The molecular weight excluding hydrogens is 306 g/mol. The van der Waals surface area contributed by atoms with Gasteiger partial charge >= 0.3 is 0 Å². The first-order valence-corrected chi connectivity index (χ1v) is 8.79. The third-order valence-corrected chi connectivity index (χ3v) is 5.40. The van der Waals surface area contributed by atoms with E-state index < -0.39 is 0 Å². The molecule has 1 heterocycles. The maximum absolute atomic E-state index is 12.9. The Kier molecular flexibility index (Phi) is 4.62. The molecule has 1 aliphatic heterocycles. The molecule has 0 bridgehead atoms. The number of amides is 1. The van der Waals surface area contributed by atoms with Crippen LogP contribution in [0.25, 0.3) is 0 Å². The number of nitrogens with zero attached hydrogens (tertiary/aromatic N) is 1. The number of benzene rings is 2. The molecule has 1 amide bonds. The predicted molar refractivity (Wildman–Crippen MR) is 95.1 cm³/mol. The minimum atomic E-state index is 0.0684. The van der Waals surface area contributed by atoms with E-state index in [0.29, 0.717) is 11.3 Å². The Morgan fingerprint density at radius 2 is 2.04 bits per heavy atom. The van der Waals surface area contributed by atoms with Gasteiger partial charge in [0.05, 0.1) is 7.11 Å². The standard InChI is InChI=1S/C19H21NO2S/c1-13-7-8-17(14(2)11-13)19-20(9-10-23-19)18(21)15-5-4-6-16(12-15)22-3/h4-8,11-12,19H,9-10H2,1-3H3. The summed E-state index contributed by atoms with van der Waals surface area (Å²) in [6.45, 7) is 4.99. The molecule has 1 aliphatic rings. The summed E-state index contributed by atoms with van der Waals surface area (Å²) in [5.74, 6) is 1.75. The molecule has 1 unspecified atom stereocenters. The van der Waals surface area contributed by atoms with E-state index in [0.717, 1.165) is 12.3 Å². The zero-order chi connectivity index (χ0) is 16.4. The van der Waals surface area contributed by atoms with E-state index in [9.17, 15) is 4.79 Å². The topological polar surface area (TPSA) is 29.5 Å². The Bertz CT molecular complexity index is 729. The number of hydrogen-bond acceptors (Lipinski definition) is 3. The van der Waals surface area contributed by atoms with E-state index in [2.05, 4.69) is 32.0 Å². The average Bonchev–Trinajstić information content (AvgIpc) is 3.03. The lowest BCUT2D eigenvalue weighted by atomic mass is 10.0. The first-order chi connectivity index (χ1) is 11.1. The van der Waals surface area contributed by atoms with Gasteiger partial charge in [-0.3, -0.25) is 4.79 Å². The van der Waals surface area contributed by atoms with Gasteiger partial charge in [-0.1, -0.05) is 29.8 Å². The van der Waals surface area contributed by atoms with Crippen LogP contribution in [0.5, 0.6) is 5.75 Å². The second kappa shape index (κ2) is 6.67. The van der Waals surface area contributed by atoms with Crippen molar-refractivity contribution < 1.29 is 9.53 Å². The smallest absolute Gasteiger partial charge is 0.255 e. The Labute approximate surface area is 141 Å². The van der Waals surface area contributed by atoms with E-state index in [1.807, 2.05) is 40.9 Å². The molecule has 0 radical (unpaired) electrons. The molecule has 1 atom stereocenters. The van der Waals surface area contributed by atoms with Gasteiger partial charge in [-0.05, 0) is 43.2 Å². The third-order valence-electron chi connectivity index (χ3n) is 4.16. The van der Waals surface area contributed by atoms with Gasteiger partial charge < -0.3 is 9.64 Å². The van der Waals surface area contributed by atoms with Crippen molar-refractivity contribution in [2.24, 2.45) is 0 Å². The summed E-state index contributed by atoms with van der Waals surface area (Å²) < 4.78 is 5.24. The first-order valence-electron chi connectivity index (χ1n) is 7.74. The summed E-state index contributed by atoms with van der Waals surface area (Å²) in [5.41, 5.74) is 4.41. The van der Waals surface area contributed by atoms with Crippen molar-refractivity contribution in [2.75, 3.05) is 19.4 Å². The molecule has 1 saturated heterocycles. The Morgan fingerprint density at radius 1 is 1.22 bits per heavy atom. The molecule has 0 spiro atoms. The number of hydrogen-bond donors (Lipinski definition) is 0. The summed E-state index contributed by atoms with van der Waals surface area (Å²) in [7, 11) is 1.62. The van der Waals surface area contributed by atoms with Crippen molar-refractivity contribution in [3.63, 3.8) is 0 Å². The second-order valence-corrected chi connectivity index (χ2v) is 7.00. The van der Waals surface area contributed by atoms with Crippen molar-refractivity contribution >= 4 is 17.7 Å². The number of carbonyl (C=O) groups excluding carboxylic acids is 1. The summed E-state index contributed by atoms with van der Waals surface area (Å²) in [6, 6.07) is 13.8. The normalized spacial score (nSPS) is 17.3. The van der Waals surface area contributed by atoms with E-state index in [4.69, 9.17) is 4.74 Å². The van der Waals surface area contributed by atoms with Crippen LogP contribution in [0.15, 0.2) is 42.5 Å².